The van der Waals surface area contributed by atoms with Crippen LogP contribution < -0.4 is 0 Å². The Morgan fingerprint density at radius 1 is 1.00 bits per heavy atom. The molecule has 0 aliphatic heterocycles. The molecule has 2 aromatic heterocycles. The summed E-state index contributed by atoms with van der Waals surface area (Å²) in [6, 6.07) is 9.38. The summed E-state index contributed by atoms with van der Waals surface area (Å²) < 4.78 is 11.0. The van der Waals surface area contributed by atoms with Gasteiger partial charge in [-0.25, -0.2) is 0 Å². The molecule has 2 heterocycles. The molecule has 96 valence electrons. The zero-order chi connectivity index (χ0) is 13.6. The van der Waals surface area contributed by atoms with Crippen molar-refractivity contribution in [1.82, 2.24) is 0 Å². The van der Waals surface area contributed by atoms with Gasteiger partial charge in [0, 0.05) is 5.39 Å². The molecular formula is C16H14O3. The molecule has 0 aliphatic carbocycles. The van der Waals surface area contributed by atoms with Crippen molar-refractivity contribution in [1.29, 1.82) is 0 Å². The van der Waals surface area contributed by atoms with Crippen molar-refractivity contribution in [2.45, 2.75) is 20.8 Å². The molecular weight excluding hydrogens is 240 g/mol. The molecule has 3 rings (SSSR count). The molecule has 0 fully saturated rings. The van der Waals surface area contributed by atoms with Gasteiger partial charge in [0.2, 0.25) is 5.78 Å². The fourth-order valence-corrected chi connectivity index (χ4v) is 2.26. The minimum Gasteiger partial charge on any atom is -0.466 e. The molecule has 0 saturated heterocycles. The monoisotopic (exact) mass is 254 g/mol. The van der Waals surface area contributed by atoms with Gasteiger partial charge in [0.1, 0.15) is 17.1 Å². The SMILES string of the molecule is Cc1ccc2oc(C(=O)c3cc(C)oc3C)cc2c1. The Hall–Kier alpha value is -2.29. The van der Waals surface area contributed by atoms with E-state index in [1.54, 1.807) is 19.1 Å². The topological polar surface area (TPSA) is 43.4 Å². The number of hydrogen-bond donors (Lipinski definition) is 0. The fraction of sp³-hybridized carbons (Fsp3) is 0.188. The molecule has 3 heteroatoms. The zero-order valence-corrected chi connectivity index (χ0v) is 11.1. The first kappa shape index (κ1) is 11.8. The summed E-state index contributed by atoms with van der Waals surface area (Å²) in [4.78, 5) is 12.4. The highest BCUT2D eigenvalue weighted by Crippen LogP contribution is 2.24. The molecule has 0 atom stereocenters. The molecule has 0 N–H and O–H groups in total. The molecule has 0 unspecified atom stereocenters. The van der Waals surface area contributed by atoms with Crippen LogP contribution in [-0.2, 0) is 0 Å². The number of fused-ring (bicyclic) bond motifs is 1. The molecule has 0 spiro atoms. The first-order chi connectivity index (χ1) is 9.04. The van der Waals surface area contributed by atoms with E-state index in [9.17, 15) is 4.79 Å². The lowest BCUT2D eigenvalue weighted by molar-refractivity contribution is 0.101. The maximum Gasteiger partial charge on any atom is 0.231 e. The highest BCUT2D eigenvalue weighted by molar-refractivity contribution is 6.09. The van der Waals surface area contributed by atoms with Crippen molar-refractivity contribution in [2.24, 2.45) is 0 Å². The summed E-state index contributed by atoms with van der Waals surface area (Å²) >= 11 is 0. The van der Waals surface area contributed by atoms with E-state index in [1.165, 1.54) is 0 Å². The van der Waals surface area contributed by atoms with Gasteiger partial charge in [-0.05, 0) is 45.0 Å². The Balaban J connectivity index is 2.09. The molecule has 19 heavy (non-hydrogen) atoms. The summed E-state index contributed by atoms with van der Waals surface area (Å²) in [6.07, 6.45) is 0. The smallest absolute Gasteiger partial charge is 0.231 e. The maximum atomic E-state index is 12.4. The van der Waals surface area contributed by atoms with E-state index in [0.717, 1.165) is 22.3 Å². The van der Waals surface area contributed by atoms with Crippen LogP contribution in [0.3, 0.4) is 0 Å². The lowest BCUT2D eigenvalue weighted by Crippen LogP contribution is -1.99. The van der Waals surface area contributed by atoms with Gasteiger partial charge in [-0.15, -0.1) is 0 Å². The van der Waals surface area contributed by atoms with Crippen molar-refractivity contribution in [3.63, 3.8) is 0 Å². The minimum absolute atomic E-state index is 0.136. The Kier molecular flexibility index (Phi) is 2.56. The lowest BCUT2D eigenvalue weighted by atomic mass is 10.1. The van der Waals surface area contributed by atoms with E-state index >= 15 is 0 Å². The van der Waals surface area contributed by atoms with Crippen LogP contribution in [0.15, 0.2) is 39.2 Å². The molecule has 0 aliphatic rings. The number of carbonyl (C=O) groups excluding carboxylic acids is 1. The first-order valence-corrected chi connectivity index (χ1v) is 6.16. The molecule has 0 bridgehead atoms. The predicted molar refractivity (Wildman–Crippen MR) is 72.6 cm³/mol. The van der Waals surface area contributed by atoms with Crippen LogP contribution in [0.5, 0.6) is 0 Å². The van der Waals surface area contributed by atoms with E-state index in [2.05, 4.69) is 0 Å². The van der Waals surface area contributed by atoms with Gasteiger partial charge < -0.3 is 8.83 Å². The van der Waals surface area contributed by atoms with Crippen LogP contribution in [0.2, 0.25) is 0 Å². The number of carbonyl (C=O) groups is 1. The quantitative estimate of drug-likeness (QED) is 0.644. The van der Waals surface area contributed by atoms with Crippen LogP contribution in [0.25, 0.3) is 11.0 Å². The average Bonchev–Trinajstić information content (AvgIpc) is 2.91. The highest BCUT2D eigenvalue weighted by Gasteiger charge is 2.19. The van der Waals surface area contributed by atoms with Gasteiger partial charge in [-0.2, -0.15) is 0 Å². The number of hydrogen-bond acceptors (Lipinski definition) is 3. The highest BCUT2D eigenvalue weighted by atomic mass is 16.3. The Morgan fingerprint density at radius 3 is 2.47 bits per heavy atom. The maximum absolute atomic E-state index is 12.4. The van der Waals surface area contributed by atoms with Gasteiger partial charge in [-0.3, -0.25) is 4.79 Å². The van der Waals surface area contributed by atoms with E-state index in [4.69, 9.17) is 8.83 Å². The number of aryl methyl sites for hydroxylation is 3. The second kappa shape index (κ2) is 4.12. The van der Waals surface area contributed by atoms with Gasteiger partial charge in [0.05, 0.1) is 5.56 Å². The van der Waals surface area contributed by atoms with E-state index in [-0.39, 0.29) is 5.78 Å². The Bertz CT molecular complexity index is 774. The number of rotatable bonds is 2. The Morgan fingerprint density at radius 2 is 1.79 bits per heavy atom. The third-order valence-electron chi connectivity index (χ3n) is 3.18. The summed E-state index contributed by atoms with van der Waals surface area (Å²) in [7, 11) is 0. The molecule has 3 aromatic rings. The van der Waals surface area contributed by atoms with Gasteiger partial charge in [0.25, 0.3) is 0 Å². The van der Waals surface area contributed by atoms with E-state index in [1.807, 2.05) is 32.0 Å². The minimum atomic E-state index is -0.136. The van der Waals surface area contributed by atoms with Crippen molar-refractivity contribution in [2.75, 3.05) is 0 Å². The molecule has 0 amide bonds. The molecule has 0 radical (unpaired) electrons. The van der Waals surface area contributed by atoms with Crippen LogP contribution in [0.4, 0.5) is 0 Å². The third-order valence-corrected chi connectivity index (χ3v) is 3.18. The second-order valence-electron chi connectivity index (χ2n) is 4.81. The van der Waals surface area contributed by atoms with Crippen molar-refractivity contribution in [3.8, 4) is 0 Å². The molecule has 0 saturated carbocycles. The van der Waals surface area contributed by atoms with E-state index in [0.29, 0.717) is 17.1 Å². The predicted octanol–water partition coefficient (Wildman–Crippen LogP) is 4.18. The number of ketones is 1. The van der Waals surface area contributed by atoms with E-state index < -0.39 is 0 Å². The van der Waals surface area contributed by atoms with Crippen molar-refractivity contribution < 1.29 is 13.6 Å². The van der Waals surface area contributed by atoms with Crippen LogP contribution in [-0.4, -0.2) is 5.78 Å². The standard InChI is InChI=1S/C16H14O3/c1-9-4-5-14-12(6-9)8-15(19-14)16(17)13-7-10(2)18-11(13)3/h4-8H,1-3H3. The molecule has 1 aromatic carbocycles. The summed E-state index contributed by atoms with van der Waals surface area (Å²) in [6.45, 7) is 5.62. The summed E-state index contributed by atoms with van der Waals surface area (Å²) in [5.41, 5.74) is 2.43. The first-order valence-electron chi connectivity index (χ1n) is 6.16. The van der Waals surface area contributed by atoms with Crippen LogP contribution in [0.1, 0.15) is 33.2 Å². The second-order valence-corrected chi connectivity index (χ2v) is 4.81. The number of benzene rings is 1. The van der Waals surface area contributed by atoms with Gasteiger partial charge in [-0.1, -0.05) is 11.6 Å². The van der Waals surface area contributed by atoms with Crippen LogP contribution >= 0.6 is 0 Å². The Labute approximate surface area is 110 Å². The lowest BCUT2D eigenvalue weighted by Gasteiger charge is -1.93. The van der Waals surface area contributed by atoms with Gasteiger partial charge >= 0.3 is 0 Å². The fourth-order valence-electron chi connectivity index (χ4n) is 2.26. The van der Waals surface area contributed by atoms with Crippen molar-refractivity contribution >= 4 is 16.8 Å². The van der Waals surface area contributed by atoms with Crippen molar-refractivity contribution in [3.05, 3.63) is 58.7 Å². The number of furan rings is 2. The van der Waals surface area contributed by atoms with Crippen LogP contribution in [0, 0.1) is 20.8 Å². The average molecular weight is 254 g/mol. The largest absolute Gasteiger partial charge is 0.466 e. The zero-order valence-electron chi connectivity index (χ0n) is 11.1. The van der Waals surface area contributed by atoms with Gasteiger partial charge in [0.15, 0.2) is 5.76 Å². The summed E-state index contributed by atoms with van der Waals surface area (Å²) in [5, 5.41) is 0.946. The normalized spacial score (nSPS) is 11.1. The molecule has 3 nitrogen and oxygen atoms in total. The summed E-state index contributed by atoms with van der Waals surface area (Å²) in [5.74, 6) is 1.57. The third kappa shape index (κ3) is 1.97.